The van der Waals surface area contributed by atoms with E-state index >= 15 is 0 Å². The molecule has 0 fully saturated rings. The van der Waals surface area contributed by atoms with Crippen molar-refractivity contribution >= 4 is 5.91 Å². The molecular weight excluding hydrogens is 218 g/mol. The largest absolute Gasteiger partial charge is 0.493 e. The van der Waals surface area contributed by atoms with Gasteiger partial charge in [-0.2, -0.15) is 5.26 Å². The number of nitrogens with one attached hydrogen (secondary N) is 1. The first-order valence-corrected chi connectivity index (χ1v) is 5.29. The van der Waals surface area contributed by atoms with Gasteiger partial charge in [0.15, 0.2) is 0 Å². The lowest BCUT2D eigenvalue weighted by Gasteiger charge is -2.12. The van der Waals surface area contributed by atoms with Gasteiger partial charge >= 0.3 is 0 Å². The molecule has 0 heterocycles. The van der Waals surface area contributed by atoms with Crippen LogP contribution in [0.3, 0.4) is 0 Å². The standard InChI is InChI=1S/C12H15N3O2/c1-3-17-11-5-9(7-14)8(6-13)4-10(11)12(16)15-2/h4-5H,3,7,14H2,1-2H3,(H,15,16). The third-order valence-corrected chi connectivity index (χ3v) is 2.32. The van der Waals surface area contributed by atoms with Crippen molar-refractivity contribution in [3.05, 3.63) is 28.8 Å². The van der Waals surface area contributed by atoms with Gasteiger partial charge in [-0.05, 0) is 24.6 Å². The summed E-state index contributed by atoms with van der Waals surface area (Å²) in [6.45, 7) is 2.50. The third-order valence-electron chi connectivity index (χ3n) is 2.32. The molecule has 0 unspecified atom stereocenters. The number of hydrogen-bond donors (Lipinski definition) is 2. The fourth-order valence-electron chi connectivity index (χ4n) is 1.48. The zero-order valence-electron chi connectivity index (χ0n) is 9.91. The van der Waals surface area contributed by atoms with Crippen molar-refractivity contribution in [2.75, 3.05) is 13.7 Å². The zero-order valence-corrected chi connectivity index (χ0v) is 9.91. The maximum absolute atomic E-state index is 11.6. The van der Waals surface area contributed by atoms with Crippen molar-refractivity contribution in [2.24, 2.45) is 5.73 Å². The minimum absolute atomic E-state index is 0.233. The number of carbonyl (C=O) groups excluding carboxylic acids is 1. The molecule has 0 radical (unpaired) electrons. The highest BCUT2D eigenvalue weighted by Gasteiger charge is 2.15. The van der Waals surface area contributed by atoms with E-state index in [4.69, 9.17) is 15.7 Å². The lowest BCUT2D eigenvalue weighted by Crippen LogP contribution is -2.19. The van der Waals surface area contributed by atoms with Crippen LogP contribution in [0.4, 0.5) is 0 Å². The summed E-state index contributed by atoms with van der Waals surface area (Å²) in [5, 5.41) is 11.5. The number of carbonyl (C=O) groups is 1. The molecule has 90 valence electrons. The fourth-order valence-corrected chi connectivity index (χ4v) is 1.48. The van der Waals surface area contributed by atoms with Crippen LogP contribution in [0, 0.1) is 11.3 Å². The summed E-state index contributed by atoms with van der Waals surface area (Å²) in [7, 11) is 1.53. The third kappa shape index (κ3) is 2.74. The van der Waals surface area contributed by atoms with Gasteiger partial charge in [-0.1, -0.05) is 0 Å². The van der Waals surface area contributed by atoms with Gasteiger partial charge in [-0.15, -0.1) is 0 Å². The van der Waals surface area contributed by atoms with Gasteiger partial charge < -0.3 is 15.8 Å². The van der Waals surface area contributed by atoms with Crippen LogP contribution in [0.5, 0.6) is 5.75 Å². The Labute approximate surface area is 100 Å². The molecule has 5 heteroatoms. The van der Waals surface area contributed by atoms with Crippen LogP contribution in [0.2, 0.25) is 0 Å². The van der Waals surface area contributed by atoms with Crippen molar-refractivity contribution in [2.45, 2.75) is 13.5 Å². The van der Waals surface area contributed by atoms with Crippen molar-refractivity contribution in [3.63, 3.8) is 0 Å². The molecule has 5 nitrogen and oxygen atoms in total. The highest BCUT2D eigenvalue weighted by Crippen LogP contribution is 2.23. The molecule has 17 heavy (non-hydrogen) atoms. The Hall–Kier alpha value is -2.06. The van der Waals surface area contributed by atoms with Crippen molar-refractivity contribution in [3.8, 4) is 11.8 Å². The average molecular weight is 233 g/mol. The molecule has 1 amide bonds. The summed E-state index contributed by atoms with van der Waals surface area (Å²) in [6.07, 6.45) is 0. The average Bonchev–Trinajstić information content (AvgIpc) is 2.37. The Kier molecular flexibility index (Phi) is 4.49. The van der Waals surface area contributed by atoms with Gasteiger partial charge in [0, 0.05) is 13.6 Å². The number of rotatable bonds is 4. The van der Waals surface area contributed by atoms with E-state index in [9.17, 15) is 4.79 Å². The molecule has 0 atom stereocenters. The summed E-state index contributed by atoms with van der Waals surface area (Å²) in [6, 6.07) is 5.17. The minimum Gasteiger partial charge on any atom is -0.493 e. The first-order valence-electron chi connectivity index (χ1n) is 5.29. The van der Waals surface area contributed by atoms with Gasteiger partial charge in [0.1, 0.15) is 5.75 Å². The molecule has 0 saturated heterocycles. The van der Waals surface area contributed by atoms with Gasteiger partial charge in [-0.3, -0.25) is 4.79 Å². The van der Waals surface area contributed by atoms with Crippen LogP contribution < -0.4 is 15.8 Å². The van der Waals surface area contributed by atoms with Crippen LogP contribution in [0.15, 0.2) is 12.1 Å². The van der Waals surface area contributed by atoms with Crippen molar-refractivity contribution in [1.82, 2.24) is 5.32 Å². The molecule has 1 aromatic carbocycles. The smallest absolute Gasteiger partial charge is 0.254 e. The van der Waals surface area contributed by atoms with Gasteiger partial charge in [0.25, 0.3) is 5.91 Å². The van der Waals surface area contributed by atoms with E-state index in [1.807, 2.05) is 13.0 Å². The van der Waals surface area contributed by atoms with Crippen LogP contribution in [0.25, 0.3) is 0 Å². The van der Waals surface area contributed by atoms with E-state index in [0.29, 0.717) is 29.0 Å². The monoisotopic (exact) mass is 233 g/mol. The molecular formula is C12H15N3O2. The predicted octanol–water partition coefficient (Wildman–Crippen LogP) is 0.775. The Morgan fingerprint density at radius 3 is 2.76 bits per heavy atom. The molecule has 0 aliphatic heterocycles. The number of nitrogens with two attached hydrogens (primary N) is 1. The summed E-state index contributed by atoms with van der Waals surface area (Å²) >= 11 is 0. The van der Waals surface area contributed by atoms with Crippen molar-refractivity contribution in [1.29, 1.82) is 5.26 Å². The molecule has 3 N–H and O–H groups in total. The second-order valence-electron chi connectivity index (χ2n) is 3.33. The molecule has 0 spiro atoms. The number of hydrogen-bond acceptors (Lipinski definition) is 4. The number of benzene rings is 1. The highest BCUT2D eigenvalue weighted by atomic mass is 16.5. The Bertz CT molecular complexity index is 464. The topological polar surface area (TPSA) is 88.1 Å². The lowest BCUT2D eigenvalue weighted by molar-refractivity contribution is 0.0959. The van der Waals surface area contributed by atoms with Gasteiger partial charge in [-0.25, -0.2) is 0 Å². The summed E-state index contributed by atoms with van der Waals surface area (Å²) < 4.78 is 5.38. The van der Waals surface area contributed by atoms with Crippen LogP contribution in [-0.4, -0.2) is 19.6 Å². The zero-order chi connectivity index (χ0) is 12.8. The second-order valence-corrected chi connectivity index (χ2v) is 3.33. The Morgan fingerprint density at radius 2 is 2.29 bits per heavy atom. The second kappa shape index (κ2) is 5.87. The SMILES string of the molecule is CCOc1cc(CN)c(C#N)cc1C(=O)NC. The first kappa shape index (κ1) is 13.0. The van der Waals surface area contributed by atoms with Gasteiger partial charge in [0.2, 0.25) is 0 Å². The number of nitrogens with zero attached hydrogens (tertiary/aromatic N) is 1. The Balaban J connectivity index is 3.35. The maximum Gasteiger partial charge on any atom is 0.254 e. The first-order chi connectivity index (χ1) is 8.17. The lowest BCUT2D eigenvalue weighted by atomic mass is 10.0. The molecule has 0 aromatic heterocycles. The number of nitriles is 1. The summed E-state index contributed by atoms with van der Waals surface area (Å²) in [5.74, 6) is 0.167. The number of ether oxygens (including phenoxy) is 1. The Morgan fingerprint density at radius 1 is 1.59 bits per heavy atom. The normalized spacial score (nSPS) is 9.53. The molecule has 0 aliphatic carbocycles. The molecule has 1 aromatic rings. The van der Waals surface area contributed by atoms with Crippen LogP contribution in [0.1, 0.15) is 28.4 Å². The molecule has 0 aliphatic rings. The molecule has 1 rings (SSSR count). The summed E-state index contributed by atoms with van der Waals surface area (Å²) in [4.78, 5) is 11.6. The maximum atomic E-state index is 11.6. The van der Waals surface area contributed by atoms with E-state index < -0.39 is 0 Å². The van der Waals surface area contributed by atoms with Gasteiger partial charge in [0.05, 0.1) is 23.8 Å². The van der Waals surface area contributed by atoms with Crippen LogP contribution >= 0.6 is 0 Å². The minimum atomic E-state index is -0.284. The molecule has 0 saturated carbocycles. The van der Waals surface area contributed by atoms with E-state index in [2.05, 4.69) is 5.32 Å². The predicted molar refractivity (Wildman–Crippen MR) is 63.6 cm³/mol. The van der Waals surface area contributed by atoms with Crippen molar-refractivity contribution < 1.29 is 9.53 Å². The van der Waals surface area contributed by atoms with E-state index in [0.717, 1.165) is 0 Å². The highest BCUT2D eigenvalue weighted by molar-refractivity contribution is 5.97. The quantitative estimate of drug-likeness (QED) is 0.804. The fraction of sp³-hybridized carbons (Fsp3) is 0.333. The summed E-state index contributed by atoms with van der Waals surface area (Å²) in [5.41, 5.74) is 6.96. The van der Waals surface area contributed by atoms with E-state index in [-0.39, 0.29) is 12.5 Å². The van der Waals surface area contributed by atoms with E-state index in [1.165, 1.54) is 13.1 Å². The van der Waals surface area contributed by atoms with Crippen LogP contribution in [-0.2, 0) is 6.54 Å². The number of amides is 1. The van der Waals surface area contributed by atoms with E-state index in [1.54, 1.807) is 6.07 Å². The molecule has 0 bridgehead atoms.